The highest BCUT2D eigenvalue weighted by atomic mass is 32.2. The summed E-state index contributed by atoms with van der Waals surface area (Å²) in [6.07, 6.45) is 3.49. The van der Waals surface area contributed by atoms with Crippen molar-refractivity contribution < 1.29 is 0 Å². The lowest BCUT2D eigenvalue weighted by molar-refractivity contribution is 0.285. The largest absolute Gasteiger partial charge is 0.313 e. The summed E-state index contributed by atoms with van der Waals surface area (Å²) in [5, 5.41) is 3.45. The minimum Gasteiger partial charge on any atom is -0.313 e. The van der Waals surface area contributed by atoms with Crippen LogP contribution >= 0.6 is 11.8 Å². The molecule has 0 aliphatic heterocycles. The Morgan fingerprint density at radius 2 is 2.00 bits per heavy atom. The number of nitrogens with one attached hydrogen (secondary N) is 1. The molecule has 3 heteroatoms. The molecule has 14 heavy (non-hydrogen) atoms. The Labute approximate surface area is 93.8 Å². The van der Waals surface area contributed by atoms with Crippen molar-refractivity contribution in [2.75, 3.05) is 38.2 Å². The van der Waals surface area contributed by atoms with Gasteiger partial charge in [-0.05, 0) is 31.5 Å². The molecule has 86 valence electrons. The third kappa shape index (κ3) is 8.85. The van der Waals surface area contributed by atoms with Gasteiger partial charge in [0.2, 0.25) is 0 Å². The predicted molar refractivity (Wildman–Crippen MR) is 68.3 cm³/mol. The van der Waals surface area contributed by atoms with E-state index in [1.165, 1.54) is 31.8 Å². The van der Waals surface area contributed by atoms with E-state index in [9.17, 15) is 0 Å². The van der Waals surface area contributed by atoms with Gasteiger partial charge < -0.3 is 10.2 Å². The van der Waals surface area contributed by atoms with Crippen LogP contribution in [0.15, 0.2) is 0 Å². The summed E-state index contributed by atoms with van der Waals surface area (Å²) in [5.74, 6) is 1.29. The third-order valence-electron chi connectivity index (χ3n) is 2.25. The predicted octanol–water partition coefficient (Wildman–Crippen LogP) is 2.06. The molecule has 0 aromatic heterocycles. The third-order valence-corrected chi connectivity index (χ3v) is 2.95. The Balaban J connectivity index is 3.38. The zero-order valence-corrected chi connectivity index (χ0v) is 11.0. The van der Waals surface area contributed by atoms with Gasteiger partial charge in [0.15, 0.2) is 0 Å². The summed E-state index contributed by atoms with van der Waals surface area (Å²) in [4.78, 5) is 2.52. The molecule has 0 aromatic rings. The van der Waals surface area contributed by atoms with Crippen LogP contribution < -0.4 is 5.32 Å². The molecule has 0 aromatic carbocycles. The fourth-order valence-electron chi connectivity index (χ4n) is 1.37. The molecule has 0 bridgehead atoms. The standard InChI is InChI=1S/C11H26N2S/c1-5-13(8-6-10-14-4)9-7-12-11(2)3/h11-12H,5-10H2,1-4H3. The first-order valence-electron chi connectivity index (χ1n) is 5.65. The first-order valence-corrected chi connectivity index (χ1v) is 7.04. The number of hydrogen-bond acceptors (Lipinski definition) is 3. The number of likely N-dealkylation sites (N-methyl/N-ethyl adjacent to an activating group) is 1. The molecule has 0 aliphatic carbocycles. The molecule has 0 fully saturated rings. The van der Waals surface area contributed by atoms with Crippen LogP contribution in [0.5, 0.6) is 0 Å². The minimum atomic E-state index is 0.611. The van der Waals surface area contributed by atoms with Gasteiger partial charge in [0.25, 0.3) is 0 Å². The van der Waals surface area contributed by atoms with Gasteiger partial charge >= 0.3 is 0 Å². The van der Waals surface area contributed by atoms with E-state index in [1.807, 2.05) is 11.8 Å². The Morgan fingerprint density at radius 1 is 1.29 bits per heavy atom. The van der Waals surface area contributed by atoms with Crippen LogP contribution in [0.2, 0.25) is 0 Å². The normalized spacial score (nSPS) is 11.6. The van der Waals surface area contributed by atoms with E-state index in [4.69, 9.17) is 0 Å². The van der Waals surface area contributed by atoms with Crippen LogP contribution in [0.25, 0.3) is 0 Å². The average molecular weight is 218 g/mol. The van der Waals surface area contributed by atoms with E-state index in [0.29, 0.717) is 6.04 Å². The molecule has 2 nitrogen and oxygen atoms in total. The fraction of sp³-hybridized carbons (Fsp3) is 1.00. The number of hydrogen-bond donors (Lipinski definition) is 1. The van der Waals surface area contributed by atoms with Crippen molar-refractivity contribution in [2.24, 2.45) is 0 Å². The van der Waals surface area contributed by atoms with Crippen LogP contribution in [0, 0.1) is 0 Å². The Bertz CT molecular complexity index is 118. The van der Waals surface area contributed by atoms with Crippen LogP contribution in [-0.2, 0) is 0 Å². The lowest BCUT2D eigenvalue weighted by Gasteiger charge is -2.21. The quantitative estimate of drug-likeness (QED) is 0.596. The van der Waals surface area contributed by atoms with E-state index in [2.05, 4.69) is 37.2 Å². The lowest BCUT2D eigenvalue weighted by Crippen LogP contribution is -2.35. The summed E-state index contributed by atoms with van der Waals surface area (Å²) in [5.41, 5.74) is 0. The zero-order valence-electron chi connectivity index (χ0n) is 10.2. The molecule has 0 atom stereocenters. The summed E-state index contributed by atoms with van der Waals surface area (Å²) < 4.78 is 0. The summed E-state index contributed by atoms with van der Waals surface area (Å²) >= 11 is 1.94. The monoisotopic (exact) mass is 218 g/mol. The maximum absolute atomic E-state index is 3.45. The van der Waals surface area contributed by atoms with Gasteiger partial charge in [0.05, 0.1) is 0 Å². The van der Waals surface area contributed by atoms with E-state index in [-0.39, 0.29) is 0 Å². The number of rotatable bonds is 9. The first kappa shape index (κ1) is 14.3. The van der Waals surface area contributed by atoms with Gasteiger partial charge in [0.1, 0.15) is 0 Å². The molecule has 0 spiro atoms. The SMILES string of the molecule is CCN(CCCSC)CCNC(C)C. The zero-order chi connectivity index (χ0) is 10.8. The topological polar surface area (TPSA) is 15.3 Å². The molecule has 0 radical (unpaired) electrons. The average Bonchev–Trinajstić information content (AvgIpc) is 2.15. The first-order chi connectivity index (χ1) is 6.70. The molecule has 0 rings (SSSR count). The second kappa shape index (κ2) is 9.81. The van der Waals surface area contributed by atoms with Gasteiger partial charge in [-0.2, -0.15) is 11.8 Å². The van der Waals surface area contributed by atoms with Crippen molar-refractivity contribution in [3.63, 3.8) is 0 Å². The Hall–Kier alpha value is 0.270. The fourth-order valence-corrected chi connectivity index (χ4v) is 1.79. The lowest BCUT2D eigenvalue weighted by atomic mass is 10.3. The second-order valence-electron chi connectivity index (χ2n) is 3.89. The van der Waals surface area contributed by atoms with Crippen molar-refractivity contribution in [3.05, 3.63) is 0 Å². The van der Waals surface area contributed by atoms with Gasteiger partial charge in [-0.15, -0.1) is 0 Å². The molecule has 0 amide bonds. The highest BCUT2D eigenvalue weighted by Crippen LogP contribution is 1.98. The molecule has 0 saturated heterocycles. The smallest absolute Gasteiger partial charge is 0.0107 e. The van der Waals surface area contributed by atoms with Crippen molar-refractivity contribution >= 4 is 11.8 Å². The van der Waals surface area contributed by atoms with Crippen molar-refractivity contribution in [1.82, 2.24) is 10.2 Å². The van der Waals surface area contributed by atoms with E-state index < -0.39 is 0 Å². The van der Waals surface area contributed by atoms with Gasteiger partial charge in [0, 0.05) is 19.1 Å². The van der Waals surface area contributed by atoms with E-state index >= 15 is 0 Å². The van der Waals surface area contributed by atoms with Gasteiger partial charge in [-0.1, -0.05) is 20.8 Å². The Morgan fingerprint density at radius 3 is 2.50 bits per heavy atom. The molecule has 0 heterocycles. The van der Waals surface area contributed by atoms with E-state index in [0.717, 1.165) is 6.54 Å². The molecular formula is C11H26N2S. The summed E-state index contributed by atoms with van der Waals surface area (Å²) in [7, 11) is 0. The molecule has 1 N–H and O–H groups in total. The summed E-state index contributed by atoms with van der Waals surface area (Å²) in [6, 6.07) is 0.611. The molecule has 0 aliphatic rings. The van der Waals surface area contributed by atoms with Gasteiger partial charge in [-0.25, -0.2) is 0 Å². The highest BCUT2D eigenvalue weighted by Gasteiger charge is 2.01. The van der Waals surface area contributed by atoms with Crippen molar-refractivity contribution in [1.29, 1.82) is 0 Å². The Kier molecular flexibility index (Phi) is 10.0. The van der Waals surface area contributed by atoms with Crippen molar-refractivity contribution in [2.45, 2.75) is 33.2 Å². The molecule has 0 unspecified atom stereocenters. The maximum atomic E-state index is 3.45. The summed E-state index contributed by atoms with van der Waals surface area (Å²) in [6.45, 7) is 11.4. The maximum Gasteiger partial charge on any atom is 0.0107 e. The number of nitrogens with zero attached hydrogens (tertiary/aromatic N) is 1. The van der Waals surface area contributed by atoms with E-state index in [1.54, 1.807) is 0 Å². The van der Waals surface area contributed by atoms with Crippen LogP contribution in [-0.4, -0.2) is 49.1 Å². The van der Waals surface area contributed by atoms with Crippen LogP contribution in [0.4, 0.5) is 0 Å². The van der Waals surface area contributed by atoms with Gasteiger partial charge in [-0.3, -0.25) is 0 Å². The van der Waals surface area contributed by atoms with Crippen LogP contribution in [0.3, 0.4) is 0 Å². The molecular weight excluding hydrogens is 192 g/mol. The second-order valence-corrected chi connectivity index (χ2v) is 4.88. The highest BCUT2D eigenvalue weighted by molar-refractivity contribution is 7.98. The number of thioether (sulfide) groups is 1. The van der Waals surface area contributed by atoms with Crippen molar-refractivity contribution in [3.8, 4) is 0 Å². The molecule has 0 saturated carbocycles. The van der Waals surface area contributed by atoms with Crippen LogP contribution in [0.1, 0.15) is 27.2 Å². The minimum absolute atomic E-state index is 0.611.